The van der Waals surface area contributed by atoms with Crippen molar-refractivity contribution in [3.8, 4) is 11.6 Å². The number of methoxy groups -OCH3 is 1. The van der Waals surface area contributed by atoms with Crippen LogP contribution in [0.15, 0.2) is 59.1 Å². The average molecular weight is 862 g/mol. The number of nitrogens with one attached hydrogen (secondary N) is 1. The molecule has 2 aromatic carbocycles. The number of allylic oxidation sites excluding steroid dienone is 1. The normalized spacial score (nSPS) is 30.2. The first kappa shape index (κ1) is 42.3. The molecule has 2 bridgehead atoms. The number of carbonyl (C=O) groups excluding carboxylic acids is 3. The molecule has 1 saturated carbocycles. The first-order valence-electron chi connectivity index (χ1n) is 21.0. The molecule has 2 fully saturated rings. The van der Waals surface area contributed by atoms with E-state index >= 15 is 0 Å². The number of nitrogens with zero attached hydrogens (tertiary/aromatic N) is 6. The maximum atomic E-state index is 14.8. The Morgan fingerprint density at radius 3 is 2.67 bits per heavy atom. The van der Waals surface area contributed by atoms with Crippen LogP contribution in [-0.2, 0) is 33.6 Å². The Labute approximate surface area is 357 Å². The fourth-order valence-corrected chi connectivity index (χ4v) is 12.0. The van der Waals surface area contributed by atoms with E-state index in [2.05, 4.69) is 36.1 Å². The fraction of sp³-hybridized carbons (Fsp3) is 0.545. The van der Waals surface area contributed by atoms with Gasteiger partial charge in [-0.05, 0) is 105 Å². The second-order valence-corrected chi connectivity index (χ2v) is 20.1. The minimum absolute atomic E-state index is 0.0315. The average Bonchev–Trinajstić information content (AvgIpc) is 3.51. The lowest BCUT2D eigenvalue weighted by Gasteiger charge is -2.49. The maximum absolute atomic E-state index is 14.8. The lowest BCUT2D eigenvalue weighted by molar-refractivity contribution is -0.141. The topological polar surface area (TPSA) is 159 Å². The van der Waals surface area contributed by atoms with Crippen LogP contribution < -0.4 is 19.1 Å². The summed E-state index contributed by atoms with van der Waals surface area (Å²) in [6, 6.07) is 11.3. The van der Waals surface area contributed by atoms with E-state index in [1.54, 1.807) is 31.3 Å². The van der Waals surface area contributed by atoms with Crippen molar-refractivity contribution in [1.29, 1.82) is 0 Å². The van der Waals surface area contributed by atoms with Gasteiger partial charge in [0.15, 0.2) is 0 Å². The number of halogens is 1. The molecule has 6 atom stereocenters. The van der Waals surface area contributed by atoms with E-state index in [-0.39, 0.29) is 58.3 Å². The van der Waals surface area contributed by atoms with Crippen molar-refractivity contribution in [1.82, 2.24) is 24.3 Å². The van der Waals surface area contributed by atoms with Crippen LogP contribution in [0.1, 0.15) is 77.3 Å². The molecule has 0 radical (unpaired) electrons. The van der Waals surface area contributed by atoms with Crippen LogP contribution in [0, 0.1) is 17.8 Å². The largest absolute Gasteiger partial charge is 0.490 e. The Kier molecular flexibility index (Phi) is 11.8. The van der Waals surface area contributed by atoms with Gasteiger partial charge < -0.3 is 29.3 Å². The van der Waals surface area contributed by atoms with Crippen LogP contribution in [0.2, 0.25) is 5.02 Å². The maximum Gasteiger partial charge on any atom is 0.286 e. The highest BCUT2D eigenvalue weighted by Crippen LogP contribution is 2.49. The molecule has 1 spiro atoms. The van der Waals surface area contributed by atoms with E-state index in [1.165, 1.54) is 29.1 Å². The number of benzene rings is 2. The summed E-state index contributed by atoms with van der Waals surface area (Å²) in [5.41, 5.74) is 1.52. The van der Waals surface area contributed by atoms with E-state index < -0.39 is 27.3 Å². The van der Waals surface area contributed by atoms with Gasteiger partial charge in [-0.25, -0.2) is 4.21 Å². The molecular formula is C44H56ClN7O7S. The van der Waals surface area contributed by atoms with E-state index in [0.29, 0.717) is 55.7 Å². The van der Waals surface area contributed by atoms with Crippen LogP contribution >= 0.6 is 11.6 Å². The van der Waals surface area contributed by atoms with Gasteiger partial charge in [0.05, 0.1) is 37.2 Å². The van der Waals surface area contributed by atoms with E-state index in [9.17, 15) is 23.7 Å². The number of anilines is 1. The Bertz CT molecular complexity index is 2320. The number of aliphatic hydroxyl groups is 1. The zero-order valence-corrected chi connectivity index (χ0v) is 36.5. The molecule has 3 amide bonds. The SMILES string of the molecule is COc1nn(C)cc1C(=O)NS1(=O)=NC(=O)c2ccc3c(c2)N(C[C@@H]2CC[C@H]2[C@@](O)(CC(=O)N2CCN(C)CC2)/C=C/C[C@H](C)C1)C[C@@]1(CCCc2cc(Cl)ccc21)CO3. The van der Waals surface area contributed by atoms with Crippen molar-refractivity contribution >= 4 is 44.9 Å². The number of amides is 3. The predicted octanol–water partition coefficient (Wildman–Crippen LogP) is 5.03. The first-order valence-corrected chi connectivity index (χ1v) is 23.1. The van der Waals surface area contributed by atoms with Crippen molar-refractivity contribution in [3.63, 3.8) is 0 Å². The quantitative estimate of drug-likeness (QED) is 0.334. The Morgan fingerprint density at radius 1 is 1.12 bits per heavy atom. The lowest BCUT2D eigenvalue weighted by atomic mass is 9.63. The zero-order valence-electron chi connectivity index (χ0n) is 34.9. The number of hydrogen-bond acceptors (Lipinski definition) is 10. The standard InChI is InChI=1S/C44H56ClN7O7S/c1-29-7-5-16-44(56,23-39(53)51-19-17-49(2)18-20-51)36-12-9-32(36)24-52-27-43(15-6-8-30-21-33(45)11-13-35(30)43)28-59-38-14-10-31(22-37(38)52)40(54)47-60(57,26-29)48-41(55)34-25-50(3)46-42(34)58-4/h5,10-11,13-14,16,21-22,25,29,32,36,56H,6-9,12,15,17-20,23-24,26-28H2,1-4H3,(H,47,48,54,55,57)/b16-5+/t29-,32-,36+,43-,44-,60?/m0/s1. The molecule has 1 unspecified atom stereocenters. The number of fused-ring (bicyclic) bond motifs is 4. The van der Waals surface area contributed by atoms with Crippen molar-refractivity contribution in [2.24, 2.45) is 29.2 Å². The molecule has 60 heavy (non-hydrogen) atoms. The van der Waals surface area contributed by atoms with Crippen LogP contribution in [0.4, 0.5) is 5.69 Å². The second-order valence-electron chi connectivity index (χ2n) is 17.7. The number of likely N-dealkylation sites (N-methyl/N-ethyl adjacent to an activating group) is 1. The number of rotatable bonds is 5. The molecule has 2 N–H and O–H groups in total. The molecule has 16 heteroatoms. The summed E-state index contributed by atoms with van der Waals surface area (Å²) in [6.07, 6.45) is 9.76. The minimum Gasteiger partial charge on any atom is -0.490 e. The van der Waals surface area contributed by atoms with Gasteiger partial charge in [0.25, 0.3) is 11.8 Å². The third-order valence-corrected chi connectivity index (χ3v) is 15.5. The third kappa shape index (κ3) is 8.55. The van der Waals surface area contributed by atoms with Gasteiger partial charge in [0.2, 0.25) is 11.8 Å². The molecule has 14 nitrogen and oxygen atoms in total. The highest BCUT2D eigenvalue weighted by molar-refractivity contribution is 7.92. The molecule has 1 aromatic heterocycles. The van der Waals surface area contributed by atoms with Gasteiger partial charge in [-0.1, -0.05) is 36.7 Å². The van der Waals surface area contributed by atoms with Crippen LogP contribution in [0.3, 0.4) is 0 Å². The van der Waals surface area contributed by atoms with Gasteiger partial charge in [0, 0.05) is 68.5 Å². The molecule has 8 rings (SSSR count). The monoisotopic (exact) mass is 861 g/mol. The second kappa shape index (κ2) is 16.8. The van der Waals surface area contributed by atoms with E-state index in [0.717, 1.165) is 45.2 Å². The van der Waals surface area contributed by atoms with Crippen LogP contribution in [0.5, 0.6) is 11.6 Å². The summed E-state index contributed by atoms with van der Waals surface area (Å²) in [5.74, 6) is -1.60. The number of aromatic nitrogens is 2. The summed E-state index contributed by atoms with van der Waals surface area (Å²) >= 11 is 6.50. The number of hydrogen-bond donors (Lipinski definition) is 2. The van der Waals surface area contributed by atoms with Crippen molar-refractivity contribution < 1.29 is 33.2 Å². The summed E-state index contributed by atoms with van der Waals surface area (Å²) < 4.78 is 35.1. The molecule has 2 aliphatic carbocycles. The Morgan fingerprint density at radius 2 is 1.92 bits per heavy atom. The summed E-state index contributed by atoms with van der Waals surface area (Å²) in [5, 5.41) is 17.6. The van der Waals surface area contributed by atoms with E-state index in [1.807, 2.05) is 31.0 Å². The van der Waals surface area contributed by atoms with Gasteiger partial charge in [-0.15, -0.1) is 9.46 Å². The smallest absolute Gasteiger partial charge is 0.286 e. The predicted molar refractivity (Wildman–Crippen MR) is 230 cm³/mol. The number of piperazine rings is 1. The first-order chi connectivity index (χ1) is 28.7. The minimum atomic E-state index is -3.74. The van der Waals surface area contributed by atoms with Crippen molar-refractivity contribution in [3.05, 3.63) is 82.0 Å². The van der Waals surface area contributed by atoms with Crippen molar-refractivity contribution in [2.45, 2.75) is 62.9 Å². The molecule has 5 aliphatic rings. The van der Waals surface area contributed by atoms with Gasteiger partial charge in [-0.2, -0.15) is 0 Å². The number of ether oxygens (including phenoxy) is 2. The molecule has 3 aromatic rings. The lowest BCUT2D eigenvalue weighted by Crippen LogP contribution is -2.55. The van der Waals surface area contributed by atoms with Crippen LogP contribution in [-0.4, -0.2) is 118 Å². The summed E-state index contributed by atoms with van der Waals surface area (Å²) in [4.78, 5) is 48.2. The highest BCUT2D eigenvalue weighted by Gasteiger charge is 2.49. The molecule has 4 heterocycles. The third-order valence-electron chi connectivity index (χ3n) is 13.3. The van der Waals surface area contributed by atoms with Crippen molar-refractivity contribution in [2.75, 3.05) is 70.7 Å². The zero-order chi connectivity index (χ0) is 42.4. The number of carbonyl (C=O) groups is 3. The molecular weight excluding hydrogens is 806 g/mol. The summed E-state index contributed by atoms with van der Waals surface area (Å²) in [6.45, 7) is 6.16. The molecule has 3 aliphatic heterocycles. The number of aryl methyl sites for hydroxylation is 2. The Hall–Kier alpha value is -4.44. The fourth-order valence-electron chi connectivity index (χ4n) is 9.92. The summed E-state index contributed by atoms with van der Waals surface area (Å²) in [7, 11) is 1.33. The van der Waals surface area contributed by atoms with Crippen LogP contribution in [0.25, 0.3) is 0 Å². The highest BCUT2D eigenvalue weighted by atomic mass is 35.5. The Balaban J connectivity index is 1.21. The molecule has 1 saturated heterocycles. The molecule has 322 valence electrons. The van der Waals surface area contributed by atoms with Gasteiger partial charge in [0.1, 0.15) is 21.2 Å². The van der Waals surface area contributed by atoms with Gasteiger partial charge in [-0.3, -0.25) is 23.8 Å². The van der Waals surface area contributed by atoms with Gasteiger partial charge >= 0.3 is 0 Å². The van der Waals surface area contributed by atoms with E-state index in [4.69, 9.17) is 21.1 Å².